The molecule has 0 N–H and O–H groups in total. The summed E-state index contributed by atoms with van der Waals surface area (Å²) in [5, 5.41) is 0. The maximum absolute atomic E-state index is 13.2. The van der Waals surface area contributed by atoms with E-state index in [1.165, 1.54) is 63.1 Å². The van der Waals surface area contributed by atoms with Crippen LogP contribution < -0.4 is 0 Å². The second-order valence-corrected chi connectivity index (χ2v) is 10.8. The van der Waals surface area contributed by atoms with Gasteiger partial charge in [-0.3, -0.25) is 0 Å². The Balaban J connectivity index is 1.56. The van der Waals surface area contributed by atoms with Crippen LogP contribution in [0.5, 0.6) is 0 Å². The molecule has 0 aromatic heterocycles. The smallest absolute Gasteiger partial charge is 0.159 e. The van der Waals surface area contributed by atoms with E-state index in [4.69, 9.17) is 0 Å². The van der Waals surface area contributed by atoms with Crippen molar-refractivity contribution in [1.29, 1.82) is 0 Å². The molecule has 130 valence electrons. The third-order valence-electron chi connectivity index (χ3n) is 5.49. The van der Waals surface area contributed by atoms with Crippen LogP contribution in [-0.2, 0) is 6.42 Å². The molecule has 1 aromatic rings. The van der Waals surface area contributed by atoms with Crippen LogP contribution in [0.1, 0.15) is 63.9 Å². The van der Waals surface area contributed by atoms with Crippen LogP contribution >= 0.6 is 0 Å². The fraction of sp³-hybridized carbons (Fsp3) is 0.700. The van der Waals surface area contributed by atoms with Gasteiger partial charge in [-0.25, -0.2) is 8.78 Å². The number of unbranched alkanes of at least 4 members (excludes halogenated alkanes) is 3. The van der Waals surface area contributed by atoms with E-state index in [9.17, 15) is 8.78 Å². The largest absolute Gasteiger partial charge is 0.204 e. The quantitative estimate of drug-likeness (QED) is 0.356. The highest BCUT2D eigenvalue weighted by atomic mass is 28.3. The summed E-state index contributed by atoms with van der Waals surface area (Å²) in [6.45, 7) is 2.28. The first-order valence-electron chi connectivity index (χ1n) is 9.63. The lowest BCUT2D eigenvalue weighted by atomic mass is 9.96. The Morgan fingerprint density at radius 2 is 1.78 bits per heavy atom. The third kappa shape index (κ3) is 6.74. The molecule has 1 fully saturated rings. The first-order chi connectivity index (χ1) is 11.2. The van der Waals surface area contributed by atoms with E-state index in [-0.39, 0.29) is 0 Å². The van der Waals surface area contributed by atoms with Crippen molar-refractivity contribution < 1.29 is 8.78 Å². The predicted octanol–water partition coefficient (Wildman–Crippen LogP) is 6.50. The average Bonchev–Trinajstić information content (AvgIpc) is 2.56. The molecule has 0 bridgehead atoms. The third-order valence-corrected chi connectivity index (χ3v) is 9.02. The molecule has 3 heteroatoms. The van der Waals surface area contributed by atoms with Gasteiger partial charge in [0.1, 0.15) is 0 Å². The molecule has 1 aromatic carbocycles. The van der Waals surface area contributed by atoms with E-state index in [1.807, 2.05) is 0 Å². The van der Waals surface area contributed by atoms with Gasteiger partial charge in [0.25, 0.3) is 0 Å². The molecule has 1 heterocycles. The molecule has 0 radical (unpaired) electrons. The van der Waals surface area contributed by atoms with E-state index in [2.05, 4.69) is 6.92 Å². The Labute approximate surface area is 142 Å². The van der Waals surface area contributed by atoms with E-state index >= 15 is 0 Å². The molecule has 1 aliphatic rings. The summed E-state index contributed by atoms with van der Waals surface area (Å²) < 4.78 is 26.0. The van der Waals surface area contributed by atoms with E-state index in [1.54, 1.807) is 18.2 Å². The van der Waals surface area contributed by atoms with Gasteiger partial charge in [0.15, 0.2) is 11.6 Å². The fourth-order valence-corrected chi connectivity index (χ4v) is 7.57. The van der Waals surface area contributed by atoms with Gasteiger partial charge in [-0.2, -0.15) is 0 Å². The predicted molar refractivity (Wildman–Crippen MR) is 97.7 cm³/mol. The second-order valence-electron chi connectivity index (χ2n) is 7.38. The summed E-state index contributed by atoms with van der Waals surface area (Å²) in [5.41, 5.74) is 0.935. The zero-order valence-electron chi connectivity index (χ0n) is 14.6. The van der Waals surface area contributed by atoms with Crippen LogP contribution in [0.4, 0.5) is 8.78 Å². The topological polar surface area (TPSA) is 0 Å². The van der Waals surface area contributed by atoms with Crippen molar-refractivity contribution in [2.24, 2.45) is 5.92 Å². The number of hydrogen-bond donors (Lipinski definition) is 0. The van der Waals surface area contributed by atoms with Crippen molar-refractivity contribution in [3.8, 4) is 0 Å². The summed E-state index contributed by atoms with van der Waals surface area (Å²) >= 11 is 0. The molecular weight excluding hydrogens is 306 g/mol. The molecule has 0 aliphatic carbocycles. The minimum atomic E-state index is -0.739. The molecule has 0 atom stereocenters. The molecule has 0 unspecified atom stereocenters. The number of rotatable bonds is 9. The number of hydrogen-bond acceptors (Lipinski definition) is 0. The summed E-state index contributed by atoms with van der Waals surface area (Å²) in [5.74, 6) is -0.428. The van der Waals surface area contributed by atoms with Crippen molar-refractivity contribution in [1.82, 2.24) is 0 Å². The molecule has 1 aliphatic heterocycles. The summed E-state index contributed by atoms with van der Waals surface area (Å²) in [6, 6.07) is 8.86. The summed E-state index contributed by atoms with van der Waals surface area (Å²) in [7, 11) is -0.483. The summed E-state index contributed by atoms with van der Waals surface area (Å²) in [4.78, 5) is 0. The Bertz CT molecular complexity index is 453. The van der Waals surface area contributed by atoms with Gasteiger partial charge in [-0.1, -0.05) is 76.1 Å². The first-order valence-corrected chi connectivity index (χ1v) is 12.1. The number of halogens is 2. The highest BCUT2D eigenvalue weighted by molar-refractivity contribution is 6.58. The van der Waals surface area contributed by atoms with E-state index in [0.717, 1.165) is 24.3 Å². The van der Waals surface area contributed by atoms with E-state index in [0.29, 0.717) is 0 Å². The minimum absolute atomic E-state index is 0.483. The Hall–Kier alpha value is -0.703. The highest BCUT2D eigenvalue weighted by Gasteiger charge is 2.21. The Morgan fingerprint density at radius 1 is 1.00 bits per heavy atom. The van der Waals surface area contributed by atoms with Crippen molar-refractivity contribution in [2.45, 2.75) is 82.8 Å². The Morgan fingerprint density at radius 3 is 2.48 bits per heavy atom. The van der Waals surface area contributed by atoms with Crippen molar-refractivity contribution >= 4 is 8.80 Å². The van der Waals surface area contributed by atoms with Crippen LogP contribution in [0.3, 0.4) is 0 Å². The number of aryl methyl sites for hydroxylation is 1. The zero-order valence-corrected chi connectivity index (χ0v) is 15.8. The maximum Gasteiger partial charge on any atom is 0.159 e. The van der Waals surface area contributed by atoms with Gasteiger partial charge < -0.3 is 0 Å². The molecular formula is C20H32F2Si. The van der Waals surface area contributed by atoms with Crippen molar-refractivity contribution in [3.63, 3.8) is 0 Å². The fourth-order valence-electron chi connectivity index (χ4n) is 3.95. The van der Waals surface area contributed by atoms with Gasteiger partial charge in [-0.15, -0.1) is 0 Å². The lowest BCUT2D eigenvalue weighted by Crippen LogP contribution is -2.21. The monoisotopic (exact) mass is 338 g/mol. The molecule has 1 saturated heterocycles. The van der Waals surface area contributed by atoms with Crippen LogP contribution in [0.25, 0.3) is 0 Å². The first kappa shape index (κ1) is 18.6. The van der Waals surface area contributed by atoms with E-state index < -0.39 is 20.4 Å². The van der Waals surface area contributed by atoms with Gasteiger partial charge in [0.05, 0.1) is 0 Å². The molecule has 0 spiro atoms. The normalized spacial score (nSPS) is 21.5. The zero-order chi connectivity index (χ0) is 16.5. The lowest BCUT2D eigenvalue weighted by Gasteiger charge is -2.27. The van der Waals surface area contributed by atoms with Crippen molar-refractivity contribution in [3.05, 3.63) is 35.4 Å². The maximum atomic E-state index is 13.2. The summed E-state index contributed by atoms with van der Waals surface area (Å²) in [6.07, 6.45) is 11.9. The molecule has 0 nitrogen and oxygen atoms in total. The van der Waals surface area contributed by atoms with Crippen molar-refractivity contribution in [2.75, 3.05) is 0 Å². The number of benzene rings is 1. The van der Waals surface area contributed by atoms with Gasteiger partial charge in [-0.05, 0) is 36.5 Å². The van der Waals surface area contributed by atoms with Crippen LogP contribution in [0.2, 0.25) is 18.1 Å². The lowest BCUT2D eigenvalue weighted by molar-refractivity contribution is 0.416. The SMILES string of the molecule is CCCCC[C@H]1CC[Si@H](CCCCc2ccc(F)c(F)c2)CC1. The van der Waals surface area contributed by atoms with Crippen LogP contribution in [0.15, 0.2) is 18.2 Å². The second kappa shape index (κ2) is 10.2. The van der Waals surface area contributed by atoms with Gasteiger partial charge in [0.2, 0.25) is 0 Å². The van der Waals surface area contributed by atoms with Crippen LogP contribution in [-0.4, -0.2) is 8.80 Å². The molecule has 23 heavy (non-hydrogen) atoms. The average molecular weight is 339 g/mol. The molecule has 0 saturated carbocycles. The van der Waals surface area contributed by atoms with Gasteiger partial charge >= 0.3 is 0 Å². The Kier molecular flexibility index (Phi) is 8.28. The van der Waals surface area contributed by atoms with Gasteiger partial charge in [0, 0.05) is 8.80 Å². The molecule has 0 amide bonds. The molecule has 2 rings (SSSR count). The highest BCUT2D eigenvalue weighted by Crippen LogP contribution is 2.31. The standard InChI is InChI=1S/C20H32F2Si/c1-2-3-4-7-17-11-14-23(15-12-17)13-6-5-8-18-9-10-19(21)20(22)16-18/h9-10,16-17,23H,2-8,11-15H2,1H3/t17-,23-. The van der Waals surface area contributed by atoms with Crippen LogP contribution in [0, 0.1) is 17.6 Å². The minimum Gasteiger partial charge on any atom is -0.204 e.